The average molecular weight is 372 g/mol. The van der Waals surface area contributed by atoms with E-state index in [1.54, 1.807) is 24.3 Å². The van der Waals surface area contributed by atoms with E-state index < -0.39 is 10.9 Å². The van der Waals surface area contributed by atoms with Crippen LogP contribution in [0.5, 0.6) is 5.75 Å². The first kappa shape index (κ1) is 19.9. The van der Waals surface area contributed by atoms with E-state index in [9.17, 15) is 19.7 Å². The van der Waals surface area contributed by atoms with E-state index in [1.807, 2.05) is 6.92 Å². The van der Waals surface area contributed by atoms with Crippen molar-refractivity contribution < 1.29 is 24.4 Å². The number of aliphatic carboxylic acids is 1. The molecule has 0 radical (unpaired) electrons. The van der Waals surface area contributed by atoms with E-state index in [0.717, 1.165) is 5.56 Å². The number of amides is 1. The SMILES string of the molecule is COc1cc(N(C(C)=O)c2ccc(C(C)CC(=O)O)cc2)ccc1[N+](=O)[O-]. The molecule has 0 bridgehead atoms. The van der Waals surface area contributed by atoms with Crippen molar-refractivity contribution in [2.45, 2.75) is 26.2 Å². The van der Waals surface area contributed by atoms with Crippen molar-refractivity contribution in [3.8, 4) is 5.75 Å². The van der Waals surface area contributed by atoms with Crippen molar-refractivity contribution in [2.75, 3.05) is 12.0 Å². The summed E-state index contributed by atoms with van der Waals surface area (Å²) >= 11 is 0. The molecule has 0 saturated carbocycles. The van der Waals surface area contributed by atoms with E-state index in [-0.39, 0.29) is 29.7 Å². The van der Waals surface area contributed by atoms with Crippen LogP contribution in [0.2, 0.25) is 0 Å². The molecule has 1 amide bonds. The zero-order valence-corrected chi connectivity index (χ0v) is 15.2. The van der Waals surface area contributed by atoms with Crippen LogP contribution >= 0.6 is 0 Å². The van der Waals surface area contributed by atoms with Gasteiger partial charge in [0.2, 0.25) is 5.91 Å². The van der Waals surface area contributed by atoms with E-state index in [4.69, 9.17) is 9.84 Å². The lowest BCUT2D eigenvalue weighted by atomic mass is 9.97. The highest BCUT2D eigenvalue weighted by Crippen LogP contribution is 2.35. The molecule has 0 aromatic heterocycles. The minimum Gasteiger partial charge on any atom is -0.490 e. The molecule has 8 nitrogen and oxygen atoms in total. The number of carbonyl (C=O) groups is 2. The summed E-state index contributed by atoms with van der Waals surface area (Å²) in [7, 11) is 1.32. The molecule has 0 aliphatic heterocycles. The first-order valence-corrected chi connectivity index (χ1v) is 8.19. The fourth-order valence-corrected chi connectivity index (χ4v) is 2.80. The Morgan fingerprint density at radius 3 is 2.26 bits per heavy atom. The Balaban J connectivity index is 2.39. The van der Waals surface area contributed by atoms with Crippen LogP contribution < -0.4 is 9.64 Å². The number of nitrogens with zero attached hydrogens (tertiary/aromatic N) is 2. The van der Waals surface area contributed by atoms with Crippen molar-refractivity contribution in [1.82, 2.24) is 0 Å². The van der Waals surface area contributed by atoms with Crippen molar-refractivity contribution in [3.05, 3.63) is 58.1 Å². The maximum atomic E-state index is 12.2. The van der Waals surface area contributed by atoms with Crippen LogP contribution in [0.15, 0.2) is 42.5 Å². The predicted molar refractivity (Wildman–Crippen MR) is 99.6 cm³/mol. The smallest absolute Gasteiger partial charge is 0.311 e. The molecule has 0 saturated heterocycles. The topological polar surface area (TPSA) is 110 Å². The van der Waals surface area contributed by atoms with Gasteiger partial charge in [0.1, 0.15) is 0 Å². The highest BCUT2D eigenvalue weighted by Gasteiger charge is 2.20. The van der Waals surface area contributed by atoms with Gasteiger partial charge in [-0.05, 0) is 29.7 Å². The Labute approximate surface area is 156 Å². The minimum absolute atomic E-state index is 0.00925. The molecule has 0 aliphatic carbocycles. The average Bonchev–Trinajstić information content (AvgIpc) is 2.61. The third kappa shape index (κ3) is 4.60. The molecule has 2 aromatic rings. The summed E-state index contributed by atoms with van der Waals surface area (Å²) in [6.07, 6.45) is 0.00925. The Hall–Kier alpha value is -3.42. The number of hydrogen-bond acceptors (Lipinski definition) is 5. The van der Waals surface area contributed by atoms with Gasteiger partial charge in [0.25, 0.3) is 0 Å². The largest absolute Gasteiger partial charge is 0.490 e. The summed E-state index contributed by atoms with van der Waals surface area (Å²) in [5.74, 6) is -1.27. The molecule has 1 N–H and O–H groups in total. The molecule has 0 spiro atoms. The van der Waals surface area contributed by atoms with Gasteiger partial charge in [-0.25, -0.2) is 0 Å². The summed E-state index contributed by atoms with van der Waals surface area (Å²) in [5, 5.41) is 20.0. The first-order valence-electron chi connectivity index (χ1n) is 8.19. The zero-order chi connectivity index (χ0) is 20.1. The van der Waals surface area contributed by atoms with E-state index >= 15 is 0 Å². The van der Waals surface area contributed by atoms with Crippen molar-refractivity contribution in [2.24, 2.45) is 0 Å². The van der Waals surface area contributed by atoms with Gasteiger partial charge in [0, 0.05) is 24.7 Å². The second-order valence-electron chi connectivity index (χ2n) is 6.06. The number of nitro benzene ring substituents is 1. The molecule has 27 heavy (non-hydrogen) atoms. The number of benzene rings is 2. The number of carbonyl (C=O) groups excluding carboxylic acids is 1. The standard InChI is InChI=1S/C19H20N2O6/c1-12(10-19(23)24)14-4-6-15(7-5-14)20(13(2)22)16-8-9-17(21(25)26)18(11-16)27-3/h4-9,11-12H,10H2,1-3H3,(H,23,24). The number of carboxylic acid groups (broad SMARTS) is 1. The van der Waals surface area contributed by atoms with Gasteiger partial charge < -0.3 is 9.84 Å². The molecule has 142 valence electrons. The highest BCUT2D eigenvalue weighted by atomic mass is 16.6. The van der Waals surface area contributed by atoms with Gasteiger partial charge in [-0.15, -0.1) is 0 Å². The summed E-state index contributed by atoms with van der Waals surface area (Å²) in [4.78, 5) is 34.9. The molecule has 0 aliphatic rings. The van der Waals surface area contributed by atoms with Gasteiger partial charge in [-0.3, -0.25) is 24.6 Å². The third-order valence-electron chi connectivity index (χ3n) is 4.13. The van der Waals surface area contributed by atoms with Crippen LogP contribution in [0.25, 0.3) is 0 Å². The van der Waals surface area contributed by atoms with Crippen LogP contribution in [-0.2, 0) is 9.59 Å². The normalized spacial score (nSPS) is 11.5. The lowest BCUT2D eigenvalue weighted by molar-refractivity contribution is -0.385. The van der Waals surface area contributed by atoms with Crippen molar-refractivity contribution in [3.63, 3.8) is 0 Å². The molecule has 1 unspecified atom stereocenters. The van der Waals surface area contributed by atoms with Crippen LogP contribution in [0, 0.1) is 10.1 Å². The maximum Gasteiger partial charge on any atom is 0.311 e. The number of hydrogen-bond donors (Lipinski definition) is 1. The van der Waals surface area contributed by atoms with Gasteiger partial charge >= 0.3 is 11.7 Å². The quantitative estimate of drug-likeness (QED) is 0.583. The second kappa shape index (κ2) is 8.31. The molecule has 2 aromatic carbocycles. The number of anilines is 2. The Morgan fingerprint density at radius 1 is 1.19 bits per heavy atom. The van der Waals surface area contributed by atoms with Gasteiger partial charge in [0.15, 0.2) is 5.75 Å². The third-order valence-corrected chi connectivity index (χ3v) is 4.13. The Kier molecular flexibility index (Phi) is 6.12. The van der Waals surface area contributed by atoms with Gasteiger partial charge in [-0.2, -0.15) is 0 Å². The number of methoxy groups -OCH3 is 1. The van der Waals surface area contributed by atoms with Crippen molar-refractivity contribution in [1.29, 1.82) is 0 Å². The van der Waals surface area contributed by atoms with Crippen LogP contribution in [-0.4, -0.2) is 29.0 Å². The first-order chi connectivity index (χ1) is 12.7. The van der Waals surface area contributed by atoms with Gasteiger partial charge in [-0.1, -0.05) is 19.1 Å². The van der Waals surface area contributed by atoms with Crippen LogP contribution in [0.4, 0.5) is 17.1 Å². The number of rotatable bonds is 7. The number of nitro groups is 1. The fourth-order valence-electron chi connectivity index (χ4n) is 2.80. The molecular weight excluding hydrogens is 352 g/mol. The second-order valence-corrected chi connectivity index (χ2v) is 6.06. The van der Waals surface area contributed by atoms with E-state index in [1.165, 1.54) is 37.1 Å². The molecule has 0 fully saturated rings. The number of ether oxygens (including phenoxy) is 1. The lowest BCUT2D eigenvalue weighted by Gasteiger charge is -2.22. The van der Waals surface area contributed by atoms with E-state index in [2.05, 4.69) is 0 Å². The zero-order valence-electron chi connectivity index (χ0n) is 15.2. The maximum absolute atomic E-state index is 12.2. The molecule has 2 rings (SSSR count). The molecule has 1 atom stereocenters. The molecule has 8 heteroatoms. The number of carboxylic acids is 1. The van der Waals surface area contributed by atoms with Crippen LogP contribution in [0.3, 0.4) is 0 Å². The summed E-state index contributed by atoms with van der Waals surface area (Å²) in [6.45, 7) is 3.20. The highest BCUT2D eigenvalue weighted by molar-refractivity contribution is 5.99. The van der Waals surface area contributed by atoms with Crippen LogP contribution in [0.1, 0.15) is 31.7 Å². The molecule has 0 heterocycles. The minimum atomic E-state index is -0.880. The Morgan fingerprint density at radius 2 is 1.78 bits per heavy atom. The van der Waals surface area contributed by atoms with E-state index in [0.29, 0.717) is 11.4 Å². The predicted octanol–water partition coefficient (Wildman–Crippen LogP) is 3.87. The fraction of sp³-hybridized carbons (Fsp3) is 0.263. The summed E-state index contributed by atoms with van der Waals surface area (Å²) < 4.78 is 5.07. The molecular formula is C19H20N2O6. The summed E-state index contributed by atoms with van der Waals surface area (Å²) in [5.41, 5.74) is 1.63. The Bertz CT molecular complexity index is 863. The summed E-state index contributed by atoms with van der Waals surface area (Å²) in [6, 6.07) is 11.1. The van der Waals surface area contributed by atoms with Crippen molar-refractivity contribution >= 4 is 28.9 Å². The monoisotopic (exact) mass is 372 g/mol. The van der Waals surface area contributed by atoms with Gasteiger partial charge in [0.05, 0.1) is 24.1 Å². The lowest BCUT2D eigenvalue weighted by Crippen LogP contribution is -2.22.